The number of aromatic nitrogens is 2. The molecule has 2 heterocycles. The van der Waals surface area contributed by atoms with Gasteiger partial charge in [-0.05, 0) is 13.8 Å². The summed E-state index contributed by atoms with van der Waals surface area (Å²) in [6.45, 7) is 7.67. The molecule has 0 radical (unpaired) electrons. The Hall–Kier alpha value is -0.580. The van der Waals surface area contributed by atoms with Crippen LogP contribution >= 0.6 is 12.4 Å². The van der Waals surface area contributed by atoms with Gasteiger partial charge in [0.25, 0.3) is 0 Å². The van der Waals surface area contributed by atoms with Crippen molar-refractivity contribution in [3.05, 3.63) is 18.2 Å². The lowest BCUT2D eigenvalue weighted by atomic mass is 10.1. The maximum Gasteiger partial charge on any atom is 0.122 e. The molecule has 0 aliphatic carbocycles. The second-order valence-electron chi connectivity index (χ2n) is 4.41. The van der Waals surface area contributed by atoms with Crippen LogP contribution in [0.2, 0.25) is 0 Å². The number of rotatable bonds is 2. The molecule has 0 amide bonds. The molecule has 2 rings (SSSR count). The second-order valence-corrected chi connectivity index (χ2v) is 4.41. The lowest BCUT2D eigenvalue weighted by molar-refractivity contribution is 0.126. The van der Waals surface area contributed by atoms with E-state index in [0.717, 1.165) is 25.5 Å². The molecular formula is C11H21ClN4. The van der Waals surface area contributed by atoms with Gasteiger partial charge >= 0.3 is 0 Å². The van der Waals surface area contributed by atoms with Crippen molar-refractivity contribution in [3.63, 3.8) is 0 Å². The van der Waals surface area contributed by atoms with Crippen LogP contribution in [0.1, 0.15) is 19.7 Å². The number of hydrogen-bond donors (Lipinski definition) is 1. The monoisotopic (exact) mass is 244 g/mol. The highest BCUT2D eigenvalue weighted by molar-refractivity contribution is 5.85. The van der Waals surface area contributed by atoms with E-state index in [1.165, 1.54) is 0 Å². The van der Waals surface area contributed by atoms with Gasteiger partial charge < -0.3 is 9.88 Å². The zero-order valence-corrected chi connectivity index (χ0v) is 11.0. The molecule has 16 heavy (non-hydrogen) atoms. The average Bonchev–Trinajstić information content (AvgIpc) is 2.60. The van der Waals surface area contributed by atoms with E-state index in [4.69, 9.17) is 0 Å². The Bertz CT molecular complexity index is 326. The summed E-state index contributed by atoms with van der Waals surface area (Å²) in [4.78, 5) is 6.86. The first-order valence-electron chi connectivity index (χ1n) is 5.62. The van der Waals surface area contributed by atoms with E-state index in [-0.39, 0.29) is 12.4 Å². The highest BCUT2D eigenvalue weighted by Crippen LogP contribution is 2.12. The molecule has 2 unspecified atom stereocenters. The number of piperazine rings is 1. The summed E-state index contributed by atoms with van der Waals surface area (Å²) in [6, 6.07) is 1.15. The normalized spacial score (nSPS) is 26.4. The first-order chi connectivity index (χ1) is 7.18. The number of halogens is 1. The Kier molecular flexibility index (Phi) is 4.77. The molecule has 0 saturated carbocycles. The summed E-state index contributed by atoms with van der Waals surface area (Å²) in [7, 11) is 2.05. The van der Waals surface area contributed by atoms with Gasteiger partial charge in [-0.15, -0.1) is 12.4 Å². The fourth-order valence-electron chi connectivity index (χ4n) is 2.08. The van der Waals surface area contributed by atoms with E-state index in [9.17, 15) is 0 Å². The van der Waals surface area contributed by atoms with Crippen LogP contribution in [0.4, 0.5) is 0 Å². The van der Waals surface area contributed by atoms with Gasteiger partial charge in [0.2, 0.25) is 0 Å². The van der Waals surface area contributed by atoms with Crippen molar-refractivity contribution >= 4 is 12.4 Å². The molecule has 1 aliphatic rings. The highest BCUT2D eigenvalue weighted by Gasteiger charge is 2.24. The summed E-state index contributed by atoms with van der Waals surface area (Å²) in [6.07, 6.45) is 3.87. The van der Waals surface area contributed by atoms with E-state index in [0.29, 0.717) is 12.1 Å². The molecule has 92 valence electrons. The van der Waals surface area contributed by atoms with Crippen molar-refractivity contribution < 1.29 is 0 Å². The Morgan fingerprint density at radius 1 is 1.50 bits per heavy atom. The SMILES string of the molecule is CC1NCCN(Cc2nccn2C)C1C.Cl. The van der Waals surface area contributed by atoms with Crippen LogP contribution in [0.3, 0.4) is 0 Å². The van der Waals surface area contributed by atoms with Gasteiger partial charge in [0.05, 0.1) is 6.54 Å². The molecule has 1 aromatic heterocycles. The molecule has 5 heteroatoms. The standard InChI is InChI=1S/C11H20N4.ClH/c1-9-10(2)15(7-5-12-9)8-11-13-4-6-14(11)3;/h4,6,9-10,12H,5,7-8H2,1-3H3;1H. The third kappa shape index (κ3) is 2.75. The van der Waals surface area contributed by atoms with Crippen LogP contribution in [0.5, 0.6) is 0 Å². The predicted molar refractivity (Wildman–Crippen MR) is 67.8 cm³/mol. The molecule has 4 nitrogen and oxygen atoms in total. The first kappa shape index (κ1) is 13.5. The van der Waals surface area contributed by atoms with Crippen LogP contribution in [-0.4, -0.2) is 39.6 Å². The molecule has 1 aliphatic heterocycles. The van der Waals surface area contributed by atoms with Crippen molar-refractivity contribution in [2.45, 2.75) is 32.5 Å². The van der Waals surface area contributed by atoms with E-state index in [2.05, 4.69) is 40.7 Å². The molecular weight excluding hydrogens is 224 g/mol. The van der Waals surface area contributed by atoms with Gasteiger partial charge in [0, 0.05) is 44.6 Å². The summed E-state index contributed by atoms with van der Waals surface area (Å²) in [5.74, 6) is 1.15. The van der Waals surface area contributed by atoms with Gasteiger partial charge in [0.1, 0.15) is 5.82 Å². The van der Waals surface area contributed by atoms with Crippen molar-refractivity contribution in [3.8, 4) is 0 Å². The molecule has 0 bridgehead atoms. The van der Waals surface area contributed by atoms with E-state index < -0.39 is 0 Å². The number of imidazole rings is 1. The molecule has 1 aromatic rings. The molecule has 2 atom stereocenters. The number of hydrogen-bond acceptors (Lipinski definition) is 3. The fourth-order valence-corrected chi connectivity index (χ4v) is 2.08. The Labute approximate surface area is 103 Å². The minimum atomic E-state index is 0. The lowest BCUT2D eigenvalue weighted by Gasteiger charge is -2.38. The number of aryl methyl sites for hydroxylation is 1. The van der Waals surface area contributed by atoms with E-state index in [1.807, 2.05) is 12.4 Å². The number of nitrogens with one attached hydrogen (secondary N) is 1. The van der Waals surface area contributed by atoms with Gasteiger partial charge in [-0.2, -0.15) is 0 Å². The fraction of sp³-hybridized carbons (Fsp3) is 0.727. The molecule has 1 N–H and O–H groups in total. The smallest absolute Gasteiger partial charge is 0.122 e. The summed E-state index contributed by atoms with van der Waals surface area (Å²) in [5.41, 5.74) is 0. The van der Waals surface area contributed by atoms with Crippen LogP contribution in [0.25, 0.3) is 0 Å². The molecule has 0 spiro atoms. The van der Waals surface area contributed by atoms with Crippen LogP contribution in [0.15, 0.2) is 12.4 Å². The van der Waals surface area contributed by atoms with Crippen molar-refractivity contribution in [2.24, 2.45) is 7.05 Å². The lowest BCUT2D eigenvalue weighted by Crippen LogP contribution is -2.54. The predicted octanol–water partition coefficient (Wildman–Crippen LogP) is 1.02. The summed E-state index contributed by atoms with van der Waals surface area (Å²) >= 11 is 0. The molecule has 1 fully saturated rings. The number of nitrogens with zero attached hydrogens (tertiary/aromatic N) is 3. The largest absolute Gasteiger partial charge is 0.337 e. The zero-order chi connectivity index (χ0) is 10.8. The maximum absolute atomic E-state index is 4.37. The third-order valence-corrected chi connectivity index (χ3v) is 3.43. The average molecular weight is 245 g/mol. The van der Waals surface area contributed by atoms with Crippen LogP contribution in [-0.2, 0) is 13.6 Å². The first-order valence-corrected chi connectivity index (χ1v) is 5.62. The second kappa shape index (κ2) is 5.66. The van der Waals surface area contributed by atoms with Crippen LogP contribution < -0.4 is 5.32 Å². The van der Waals surface area contributed by atoms with Gasteiger partial charge in [0.15, 0.2) is 0 Å². The van der Waals surface area contributed by atoms with Gasteiger partial charge in [-0.3, -0.25) is 4.90 Å². The van der Waals surface area contributed by atoms with E-state index >= 15 is 0 Å². The van der Waals surface area contributed by atoms with Crippen LogP contribution in [0, 0.1) is 0 Å². The Morgan fingerprint density at radius 3 is 2.88 bits per heavy atom. The molecule has 0 aromatic carbocycles. The topological polar surface area (TPSA) is 33.1 Å². The maximum atomic E-state index is 4.37. The van der Waals surface area contributed by atoms with E-state index in [1.54, 1.807) is 0 Å². The van der Waals surface area contributed by atoms with Gasteiger partial charge in [-0.25, -0.2) is 4.98 Å². The highest BCUT2D eigenvalue weighted by atomic mass is 35.5. The minimum absolute atomic E-state index is 0. The van der Waals surface area contributed by atoms with Crippen molar-refractivity contribution in [2.75, 3.05) is 13.1 Å². The zero-order valence-electron chi connectivity index (χ0n) is 10.2. The Morgan fingerprint density at radius 2 is 2.25 bits per heavy atom. The minimum Gasteiger partial charge on any atom is -0.337 e. The molecule has 1 saturated heterocycles. The van der Waals surface area contributed by atoms with Crippen molar-refractivity contribution in [1.29, 1.82) is 0 Å². The van der Waals surface area contributed by atoms with Crippen molar-refractivity contribution in [1.82, 2.24) is 19.8 Å². The quantitative estimate of drug-likeness (QED) is 0.844. The summed E-state index contributed by atoms with van der Waals surface area (Å²) < 4.78 is 2.10. The van der Waals surface area contributed by atoms with Gasteiger partial charge in [-0.1, -0.05) is 0 Å². The summed E-state index contributed by atoms with van der Waals surface area (Å²) in [5, 5.41) is 3.49. The Balaban J connectivity index is 0.00000128. The third-order valence-electron chi connectivity index (χ3n) is 3.43.